The summed E-state index contributed by atoms with van der Waals surface area (Å²) in [5.41, 5.74) is 0. The maximum atomic E-state index is 13.5. The Balaban J connectivity index is 1.40. The van der Waals surface area contributed by atoms with Crippen molar-refractivity contribution in [2.75, 3.05) is 26.4 Å². The monoisotopic (exact) mass is 1390 g/mol. The normalized spacial score (nSPS) is 27.1. The lowest BCUT2D eigenvalue weighted by atomic mass is 9.96. The smallest absolute Gasteiger partial charge is 0.220 e. The molecular formula is C79H143NO18. The minimum Gasteiger partial charge on any atom is -0.394 e. The zero-order valence-electron chi connectivity index (χ0n) is 61.0. The van der Waals surface area contributed by atoms with Crippen molar-refractivity contribution in [3.05, 3.63) is 60.8 Å². The summed E-state index contributed by atoms with van der Waals surface area (Å²) < 4.78 is 34.4. The number of ether oxygens (including phenoxy) is 6. The van der Waals surface area contributed by atoms with Crippen LogP contribution in [-0.2, 0) is 33.2 Å². The van der Waals surface area contributed by atoms with Crippen molar-refractivity contribution in [3.8, 4) is 0 Å². The molecule has 1 amide bonds. The van der Waals surface area contributed by atoms with E-state index < -0.39 is 124 Å². The summed E-state index contributed by atoms with van der Waals surface area (Å²) in [5.74, 6) is -0.284. The Morgan fingerprint density at radius 2 is 0.684 bits per heavy atom. The van der Waals surface area contributed by atoms with E-state index in [2.05, 4.69) is 67.8 Å². The average molecular weight is 1400 g/mol. The molecule has 0 aromatic heterocycles. The minimum absolute atomic E-state index is 0.234. The van der Waals surface area contributed by atoms with Crippen molar-refractivity contribution < 1.29 is 89.4 Å². The molecule has 17 unspecified atom stereocenters. The first-order valence-corrected chi connectivity index (χ1v) is 39.5. The number of rotatable bonds is 62. The highest BCUT2D eigenvalue weighted by atomic mass is 16.8. The van der Waals surface area contributed by atoms with Crippen molar-refractivity contribution in [1.29, 1.82) is 0 Å². The minimum atomic E-state index is -1.98. The predicted octanol–water partition coefficient (Wildman–Crippen LogP) is 12.7. The Labute approximate surface area is 592 Å². The van der Waals surface area contributed by atoms with Gasteiger partial charge >= 0.3 is 0 Å². The van der Waals surface area contributed by atoms with Gasteiger partial charge in [0.1, 0.15) is 73.2 Å². The molecule has 0 radical (unpaired) electrons. The molecule has 19 nitrogen and oxygen atoms in total. The number of nitrogens with one attached hydrogen (secondary N) is 1. The highest BCUT2D eigenvalue weighted by Gasteiger charge is 2.53. The van der Waals surface area contributed by atoms with E-state index >= 15 is 0 Å². The van der Waals surface area contributed by atoms with Crippen LogP contribution in [0, 0.1) is 0 Å². The summed E-state index contributed by atoms with van der Waals surface area (Å²) in [5, 5.41) is 121. The molecule has 0 bridgehead atoms. The predicted molar refractivity (Wildman–Crippen MR) is 388 cm³/mol. The Morgan fingerprint density at radius 1 is 0.367 bits per heavy atom. The molecule has 3 rings (SSSR count). The molecule has 98 heavy (non-hydrogen) atoms. The second kappa shape index (κ2) is 59.8. The van der Waals surface area contributed by atoms with Crippen molar-refractivity contribution in [3.63, 3.8) is 0 Å². The van der Waals surface area contributed by atoms with Gasteiger partial charge in [-0.3, -0.25) is 4.79 Å². The van der Waals surface area contributed by atoms with Gasteiger partial charge in [-0.25, -0.2) is 0 Å². The van der Waals surface area contributed by atoms with Crippen LogP contribution in [0.25, 0.3) is 0 Å². The molecular weight excluding hydrogens is 1250 g/mol. The molecule has 3 aliphatic heterocycles. The first-order chi connectivity index (χ1) is 47.8. The fourth-order valence-corrected chi connectivity index (χ4v) is 13.2. The Kier molecular flexibility index (Phi) is 54.8. The fraction of sp³-hybridized carbons (Fsp3) is 0.861. The number of allylic oxidation sites excluding steroid dienone is 9. The number of unbranched alkanes of at least 4 members (excludes halogenated alkanes) is 38. The summed E-state index contributed by atoms with van der Waals surface area (Å²) in [6, 6.07) is -0.994. The molecule has 3 heterocycles. The van der Waals surface area contributed by atoms with Gasteiger partial charge in [0.15, 0.2) is 18.9 Å². The molecule has 12 N–H and O–H groups in total. The SMILES string of the molecule is CCCCCCC/C=C\C/C=C\C/C=C\CCCCCCCCCCCCCCCCC(=O)NC(COC1OC(CO)C(OC2OC(CO)C(OC3OC(CO)C(O)C(O)C3O)C(O)C2O)C(O)C1O)C(O)/C=C/CC/C=C/CCCCCCCCCCCCCCCCCCCC. The molecule has 0 spiro atoms. The maximum Gasteiger partial charge on any atom is 0.220 e. The molecule has 0 aromatic rings. The number of hydrogen-bond acceptors (Lipinski definition) is 18. The number of amides is 1. The van der Waals surface area contributed by atoms with Gasteiger partial charge in [0.05, 0.1) is 38.6 Å². The summed E-state index contributed by atoms with van der Waals surface area (Å²) in [6.07, 6.45) is 49.2. The summed E-state index contributed by atoms with van der Waals surface area (Å²) in [4.78, 5) is 13.5. The van der Waals surface area contributed by atoms with Crippen LogP contribution < -0.4 is 5.32 Å². The molecule has 3 fully saturated rings. The standard InChI is InChI=1S/C79H143NO18/c1-3-5-7-9-11-13-15-17-19-21-23-25-27-29-30-31-32-33-35-37-39-41-43-45-47-49-51-53-55-57-67(85)80-62(63(84)56-54-52-50-48-46-44-42-40-38-36-34-28-26-24-22-20-18-16-14-12-10-8-6-4-2)61-93-77-73(91)70(88)75(65(59-82)95-77)98-79-74(92)71(89)76(66(60-83)96-79)97-78-72(90)69(87)68(86)64(58-81)94-78/h15,17,21,23,27,29,46,48,54,56,62-66,68-79,81-84,86-92H,3-14,16,18-20,22,24-26,28,30-45,47,49-53,55,57-61H2,1-2H3,(H,80,85)/b17-15-,23-21-,29-27-,48-46+,56-54+. The zero-order chi connectivity index (χ0) is 71.1. The molecule has 572 valence electrons. The van der Waals surface area contributed by atoms with Gasteiger partial charge < -0.3 is 89.9 Å². The lowest BCUT2D eigenvalue weighted by Crippen LogP contribution is -2.66. The molecule has 19 heteroatoms. The molecule has 3 saturated heterocycles. The second-order valence-corrected chi connectivity index (χ2v) is 28.2. The van der Waals surface area contributed by atoms with Crippen LogP contribution in [0.4, 0.5) is 0 Å². The maximum absolute atomic E-state index is 13.5. The van der Waals surface area contributed by atoms with E-state index in [9.17, 15) is 61.0 Å². The van der Waals surface area contributed by atoms with Crippen LogP contribution >= 0.6 is 0 Å². The van der Waals surface area contributed by atoms with E-state index in [1.165, 1.54) is 218 Å². The molecule has 0 aliphatic carbocycles. The topological polar surface area (TPSA) is 307 Å². The summed E-state index contributed by atoms with van der Waals surface area (Å²) >= 11 is 0. The van der Waals surface area contributed by atoms with Crippen LogP contribution in [0.5, 0.6) is 0 Å². The Morgan fingerprint density at radius 3 is 1.09 bits per heavy atom. The third kappa shape index (κ3) is 39.9. The van der Waals surface area contributed by atoms with E-state index in [1.54, 1.807) is 6.08 Å². The molecule has 3 aliphatic rings. The fourth-order valence-electron chi connectivity index (χ4n) is 13.2. The lowest BCUT2D eigenvalue weighted by Gasteiger charge is -2.48. The summed E-state index contributed by atoms with van der Waals surface area (Å²) in [6.45, 7) is 1.74. The van der Waals surface area contributed by atoms with E-state index in [-0.39, 0.29) is 18.9 Å². The van der Waals surface area contributed by atoms with Crippen molar-refractivity contribution >= 4 is 5.91 Å². The van der Waals surface area contributed by atoms with Crippen LogP contribution in [0.3, 0.4) is 0 Å². The lowest BCUT2D eigenvalue weighted by molar-refractivity contribution is -0.379. The third-order valence-electron chi connectivity index (χ3n) is 19.5. The van der Waals surface area contributed by atoms with Gasteiger partial charge in [0.25, 0.3) is 0 Å². The molecule has 0 saturated carbocycles. The number of aliphatic hydroxyl groups is 11. The third-order valence-corrected chi connectivity index (χ3v) is 19.5. The van der Waals surface area contributed by atoms with Crippen LogP contribution in [0.1, 0.15) is 303 Å². The zero-order valence-corrected chi connectivity index (χ0v) is 61.0. The number of aliphatic hydroxyl groups excluding tert-OH is 11. The van der Waals surface area contributed by atoms with Crippen LogP contribution in [0.15, 0.2) is 60.8 Å². The highest BCUT2D eigenvalue weighted by molar-refractivity contribution is 5.76. The van der Waals surface area contributed by atoms with E-state index in [0.717, 1.165) is 51.4 Å². The van der Waals surface area contributed by atoms with E-state index in [1.807, 2.05) is 6.08 Å². The number of carbonyl (C=O) groups is 1. The molecule has 17 atom stereocenters. The van der Waals surface area contributed by atoms with Gasteiger partial charge in [-0.05, 0) is 70.6 Å². The van der Waals surface area contributed by atoms with Gasteiger partial charge in [-0.2, -0.15) is 0 Å². The highest BCUT2D eigenvalue weighted by Crippen LogP contribution is 2.33. The quantitative estimate of drug-likeness (QED) is 0.0199. The largest absolute Gasteiger partial charge is 0.394 e. The number of carbonyl (C=O) groups excluding carboxylic acids is 1. The first kappa shape index (κ1) is 89.7. The summed E-state index contributed by atoms with van der Waals surface area (Å²) in [7, 11) is 0. The van der Waals surface area contributed by atoms with Crippen LogP contribution in [0.2, 0.25) is 0 Å². The Hall–Kier alpha value is -2.51. The van der Waals surface area contributed by atoms with E-state index in [4.69, 9.17) is 28.4 Å². The van der Waals surface area contributed by atoms with E-state index in [0.29, 0.717) is 12.8 Å². The van der Waals surface area contributed by atoms with Gasteiger partial charge in [-0.15, -0.1) is 0 Å². The van der Waals surface area contributed by atoms with Crippen molar-refractivity contribution in [2.24, 2.45) is 0 Å². The second-order valence-electron chi connectivity index (χ2n) is 28.2. The average Bonchev–Trinajstić information content (AvgIpc) is 0.784. The van der Waals surface area contributed by atoms with Crippen molar-refractivity contribution in [2.45, 2.75) is 407 Å². The van der Waals surface area contributed by atoms with Crippen molar-refractivity contribution in [1.82, 2.24) is 5.32 Å². The van der Waals surface area contributed by atoms with Gasteiger partial charge in [-0.1, -0.05) is 286 Å². The van der Waals surface area contributed by atoms with Gasteiger partial charge in [0.2, 0.25) is 5.91 Å². The first-order valence-electron chi connectivity index (χ1n) is 39.5. The Bertz CT molecular complexity index is 2010. The molecule has 0 aromatic carbocycles. The van der Waals surface area contributed by atoms with Gasteiger partial charge in [0, 0.05) is 6.42 Å². The van der Waals surface area contributed by atoms with Crippen LogP contribution in [-0.4, -0.2) is 193 Å². The number of hydrogen-bond donors (Lipinski definition) is 12.